The summed E-state index contributed by atoms with van der Waals surface area (Å²) in [5.41, 5.74) is 2.86. The van der Waals surface area contributed by atoms with E-state index in [2.05, 4.69) is 30.3 Å². The van der Waals surface area contributed by atoms with E-state index < -0.39 is 0 Å². The number of aryl methyl sites for hydroxylation is 1. The van der Waals surface area contributed by atoms with Gasteiger partial charge in [-0.3, -0.25) is 4.79 Å². The normalized spacial score (nSPS) is 10.1. The fraction of sp³-hybridized carbons (Fsp3) is 0.263. The molecule has 0 aliphatic carbocycles. The highest BCUT2D eigenvalue weighted by Gasteiger charge is 2.09. The van der Waals surface area contributed by atoms with Crippen LogP contribution in [-0.4, -0.2) is 24.1 Å². The summed E-state index contributed by atoms with van der Waals surface area (Å²) in [6.07, 6.45) is 3.22. The van der Waals surface area contributed by atoms with E-state index in [4.69, 9.17) is 5.26 Å². The zero-order chi connectivity index (χ0) is 16.7. The van der Waals surface area contributed by atoms with Gasteiger partial charge in [0.15, 0.2) is 0 Å². The zero-order valence-corrected chi connectivity index (χ0v) is 14.3. The summed E-state index contributed by atoms with van der Waals surface area (Å²) in [5.74, 6) is 0.128. The molecule has 0 aliphatic heterocycles. The number of thioether (sulfide) groups is 1. The van der Waals surface area contributed by atoms with Crippen molar-refractivity contribution < 1.29 is 4.79 Å². The van der Waals surface area contributed by atoms with Gasteiger partial charge in [-0.15, -0.1) is 11.8 Å². The SMILES string of the molecule is CSc1ccc(CN(C)C(=O)CCc2ccc(C#N)cc2)cc1. The molecule has 0 atom stereocenters. The van der Waals surface area contributed by atoms with Gasteiger partial charge in [-0.05, 0) is 48.1 Å². The Hall–Kier alpha value is -2.25. The van der Waals surface area contributed by atoms with Crippen LogP contribution in [0.5, 0.6) is 0 Å². The molecule has 3 nitrogen and oxygen atoms in total. The second-order valence-corrected chi connectivity index (χ2v) is 6.29. The Morgan fingerprint density at radius 1 is 1.09 bits per heavy atom. The molecular weight excluding hydrogens is 304 g/mol. The molecule has 0 aromatic heterocycles. The largest absolute Gasteiger partial charge is 0.341 e. The van der Waals surface area contributed by atoms with E-state index >= 15 is 0 Å². The average Bonchev–Trinajstić information content (AvgIpc) is 2.60. The molecule has 0 N–H and O–H groups in total. The maximum absolute atomic E-state index is 12.2. The number of hydrogen-bond acceptors (Lipinski definition) is 3. The lowest BCUT2D eigenvalue weighted by atomic mass is 10.1. The first-order valence-electron chi connectivity index (χ1n) is 7.48. The number of nitriles is 1. The van der Waals surface area contributed by atoms with E-state index in [1.165, 1.54) is 4.90 Å². The number of rotatable bonds is 6. The monoisotopic (exact) mass is 324 g/mol. The van der Waals surface area contributed by atoms with Crippen molar-refractivity contribution in [2.75, 3.05) is 13.3 Å². The topological polar surface area (TPSA) is 44.1 Å². The third kappa shape index (κ3) is 5.15. The third-order valence-corrected chi connectivity index (χ3v) is 4.46. The molecule has 0 saturated heterocycles. The molecule has 2 rings (SSSR count). The lowest BCUT2D eigenvalue weighted by Gasteiger charge is -2.17. The average molecular weight is 324 g/mol. The number of amides is 1. The maximum Gasteiger partial charge on any atom is 0.222 e. The van der Waals surface area contributed by atoms with Crippen LogP contribution in [0.25, 0.3) is 0 Å². The quantitative estimate of drug-likeness (QED) is 0.758. The summed E-state index contributed by atoms with van der Waals surface area (Å²) >= 11 is 1.71. The minimum atomic E-state index is 0.128. The highest BCUT2D eigenvalue weighted by Crippen LogP contribution is 2.16. The first kappa shape index (κ1) is 17.1. The Morgan fingerprint density at radius 2 is 1.70 bits per heavy atom. The molecule has 2 aromatic rings. The molecule has 118 valence electrons. The van der Waals surface area contributed by atoms with Crippen LogP contribution in [0.3, 0.4) is 0 Å². The van der Waals surface area contributed by atoms with Gasteiger partial charge in [0, 0.05) is 24.9 Å². The fourth-order valence-corrected chi connectivity index (χ4v) is 2.69. The lowest BCUT2D eigenvalue weighted by Crippen LogP contribution is -2.26. The van der Waals surface area contributed by atoms with Gasteiger partial charge in [-0.25, -0.2) is 0 Å². The molecule has 0 unspecified atom stereocenters. The number of hydrogen-bond donors (Lipinski definition) is 0. The van der Waals surface area contributed by atoms with E-state index in [0.29, 0.717) is 24.9 Å². The second kappa shape index (κ2) is 8.40. The number of nitrogens with zero attached hydrogens (tertiary/aromatic N) is 2. The minimum Gasteiger partial charge on any atom is -0.341 e. The van der Waals surface area contributed by atoms with Gasteiger partial charge in [0.05, 0.1) is 11.6 Å². The number of carbonyl (C=O) groups excluding carboxylic acids is 1. The van der Waals surface area contributed by atoms with Crippen LogP contribution < -0.4 is 0 Å². The van der Waals surface area contributed by atoms with E-state index in [1.54, 1.807) is 28.8 Å². The smallest absolute Gasteiger partial charge is 0.222 e. The molecule has 0 aliphatic rings. The predicted octanol–water partition coefficient (Wildman–Crippen LogP) is 3.87. The summed E-state index contributed by atoms with van der Waals surface area (Å²) in [6, 6.07) is 17.8. The molecule has 0 saturated carbocycles. The number of benzene rings is 2. The van der Waals surface area contributed by atoms with E-state index in [0.717, 1.165) is 11.1 Å². The fourth-order valence-electron chi connectivity index (χ4n) is 2.28. The highest BCUT2D eigenvalue weighted by molar-refractivity contribution is 7.98. The molecule has 1 amide bonds. The Kier molecular flexibility index (Phi) is 6.25. The first-order chi connectivity index (χ1) is 11.1. The summed E-state index contributed by atoms with van der Waals surface area (Å²) < 4.78 is 0. The highest BCUT2D eigenvalue weighted by atomic mass is 32.2. The zero-order valence-electron chi connectivity index (χ0n) is 13.5. The van der Waals surface area contributed by atoms with E-state index in [1.807, 2.05) is 25.4 Å². The van der Waals surface area contributed by atoms with Crippen molar-refractivity contribution in [1.82, 2.24) is 4.90 Å². The maximum atomic E-state index is 12.2. The number of carbonyl (C=O) groups is 1. The molecule has 0 spiro atoms. The van der Waals surface area contributed by atoms with Gasteiger partial charge in [0.2, 0.25) is 5.91 Å². The molecule has 23 heavy (non-hydrogen) atoms. The van der Waals surface area contributed by atoms with E-state index in [9.17, 15) is 4.79 Å². The van der Waals surface area contributed by atoms with Gasteiger partial charge in [-0.1, -0.05) is 24.3 Å². The molecule has 0 fully saturated rings. The Morgan fingerprint density at radius 3 is 2.26 bits per heavy atom. The van der Waals surface area contributed by atoms with Crippen LogP contribution in [0.15, 0.2) is 53.4 Å². The summed E-state index contributed by atoms with van der Waals surface area (Å²) in [4.78, 5) is 15.2. The van der Waals surface area contributed by atoms with Crippen molar-refractivity contribution in [2.24, 2.45) is 0 Å². The van der Waals surface area contributed by atoms with Crippen molar-refractivity contribution in [1.29, 1.82) is 5.26 Å². The standard InChI is InChI=1S/C19H20N2OS/c1-21(14-17-7-10-18(23-2)11-8-17)19(22)12-9-15-3-5-16(13-20)6-4-15/h3-8,10-11H,9,12,14H2,1-2H3. The van der Waals surface area contributed by atoms with Gasteiger partial charge in [0.25, 0.3) is 0 Å². The van der Waals surface area contributed by atoms with Gasteiger partial charge < -0.3 is 4.90 Å². The second-order valence-electron chi connectivity index (χ2n) is 5.41. The predicted molar refractivity (Wildman–Crippen MR) is 94.2 cm³/mol. The minimum absolute atomic E-state index is 0.128. The van der Waals surface area contributed by atoms with Crippen molar-refractivity contribution >= 4 is 17.7 Å². The first-order valence-corrected chi connectivity index (χ1v) is 8.71. The van der Waals surface area contributed by atoms with Crippen LogP contribution in [0, 0.1) is 11.3 Å². The van der Waals surface area contributed by atoms with Crippen LogP contribution in [0.1, 0.15) is 23.1 Å². The van der Waals surface area contributed by atoms with Crippen molar-refractivity contribution in [3.8, 4) is 6.07 Å². The third-order valence-electron chi connectivity index (χ3n) is 3.72. The van der Waals surface area contributed by atoms with Crippen LogP contribution in [0.2, 0.25) is 0 Å². The Labute approximate surface area is 141 Å². The van der Waals surface area contributed by atoms with E-state index in [-0.39, 0.29) is 5.91 Å². The van der Waals surface area contributed by atoms with Crippen LogP contribution >= 0.6 is 11.8 Å². The molecule has 2 aromatic carbocycles. The molecule has 0 radical (unpaired) electrons. The van der Waals surface area contributed by atoms with Gasteiger partial charge in [0.1, 0.15) is 0 Å². The molecule has 0 heterocycles. The summed E-state index contributed by atoms with van der Waals surface area (Å²) in [6.45, 7) is 0.626. The van der Waals surface area contributed by atoms with Crippen LogP contribution in [0.4, 0.5) is 0 Å². The van der Waals surface area contributed by atoms with Crippen molar-refractivity contribution in [2.45, 2.75) is 24.3 Å². The summed E-state index contributed by atoms with van der Waals surface area (Å²) in [5, 5.41) is 8.78. The van der Waals surface area contributed by atoms with Gasteiger partial charge in [-0.2, -0.15) is 5.26 Å². The molecular formula is C19H20N2OS. The lowest BCUT2D eigenvalue weighted by molar-refractivity contribution is -0.130. The van der Waals surface area contributed by atoms with Crippen LogP contribution in [-0.2, 0) is 17.8 Å². The molecule has 4 heteroatoms. The van der Waals surface area contributed by atoms with Crippen molar-refractivity contribution in [3.05, 3.63) is 65.2 Å². The summed E-state index contributed by atoms with van der Waals surface area (Å²) in [7, 11) is 1.84. The van der Waals surface area contributed by atoms with Crippen molar-refractivity contribution in [3.63, 3.8) is 0 Å². The van der Waals surface area contributed by atoms with Gasteiger partial charge >= 0.3 is 0 Å². The molecule has 0 bridgehead atoms. The Bertz CT molecular complexity index is 687. The Balaban J connectivity index is 1.85.